The second-order valence-electron chi connectivity index (χ2n) is 5.39. The van der Waals surface area contributed by atoms with Crippen LogP contribution in [0.3, 0.4) is 0 Å². The standard InChI is InChI=1S/C15H18N2O3/c1-9(2)15(10(3)11-7-5-4-6-8-11)12(18)16-14(20)17-13(15)19/h4-10H,1-3H3,(H2,16,17,18,19,20)/t10-/m1/s1. The number of amides is 4. The molecule has 1 heterocycles. The Morgan fingerprint density at radius 2 is 1.40 bits per heavy atom. The highest BCUT2D eigenvalue weighted by molar-refractivity contribution is 6.19. The van der Waals surface area contributed by atoms with Gasteiger partial charge < -0.3 is 0 Å². The summed E-state index contributed by atoms with van der Waals surface area (Å²) in [6.45, 7) is 5.47. The van der Waals surface area contributed by atoms with E-state index >= 15 is 0 Å². The molecule has 1 saturated heterocycles. The summed E-state index contributed by atoms with van der Waals surface area (Å²) in [4.78, 5) is 36.1. The fourth-order valence-electron chi connectivity index (χ4n) is 2.97. The van der Waals surface area contributed by atoms with Gasteiger partial charge in [-0.05, 0) is 11.5 Å². The third-order valence-electron chi connectivity index (χ3n) is 4.10. The van der Waals surface area contributed by atoms with Gasteiger partial charge in [-0.2, -0.15) is 0 Å². The average Bonchev–Trinajstić information content (AvgIpc) is 2.38. The quantitative estimate of drug-likeness (QED) is 0.825. The van der Waals surface area contributed by atoms with Crippen LogP contribution in [0, 0.1) is 11.3 Å². The Balaban J connectivity index is 2.52. The van der Waals surface area contributed by atoms with Gasteiger partial charge in [0.15, 0.2) is 0 Å². The minimum Gasteiger partial charge on any atom is -0.277 e. The fourth-order valence-corrected chi connectivity index (χ4v) is 2.97. The molecule has 5 heteroatoms. The number of imide groups is 2. The van der Waals surface area contributed by atoms with Crippen molar-refractivity contribution in [3.8, 4) is 0 Å². The summed E-state index contributed by atoms with van der Waals surface area (Å²) in [6, 6.07) is 8.62. The van der Waals surface area contributed by atoms with Gasteiger partial charge in [0, 0.05) is 5.92 Å². The van der Waals surface area contributed by atoms with E-state index in [1.54, 1.807) is 0 Å². The minimum atomic E-state index is -1.28. The van der Waals surface area contributed by atoms with Crippen LogP contribution in [0.2, 0.25) is 0 Å². The zero-order valence-electron chi connectivity index (χ0n) is 11.8. The van der Waals surface area contributed by atoms with E-state index in [-0.39, 0.29) is 11.8 Å². The highest BCUT2D eigenvalue weighted by Crippen LogP contribution is 2.43. The molecule has 4 amide bonds. The molecule has 1 aliphatic rings. The van der Waals surface area contributed by atoms with Crippen LogP contribution < -0.4 is 10.6 Å². The second-order valence-corrected chi connectivity index (χ2v) is 5.39. The number of hydrogen-bond donors (Lipinski definition) is 2. The summed E-state index contributed by atoms with van der Waals surface area (Å²) in [5.41, 5.74) is -0.393. The lowest BCUT2D eigenvalue weighted by molar-refractivity contribution is -0.149. The molecular formula is C15H18N2O3. The average molecular weight is 274 g/mol. The van der Waals surface area contributed by atoms with Crippen LogP contribution in [0.15, 0.2) is 30.3 Å². The number of nitrogens with one attached hydrogen (secondary N) is 2. The van der Waals surface area contributed by atoms with Gasteiger partial charge in [-0.1, -0.05) is 51.1 Å². The van der Waals surface area contributed by atoms with Crippen LogP contribution in [0.5, 0.6) is 0 Å². The number of rotatable bonds is 3. The van der Waals surface area contributed by atoms with E-state index in [0.717, 1.165) is 5.56 Å². The van der Waals surface area contributed by atoms with Crippen molar-refractivity contribution in [1.82, 2.24) is 10.6 Å². The van der Waals surface area contributed by atoms with Crippen LogP contribution in [-0.2, 0) is 9.59 Å². The lowest BCUT2D eigenvalue weighted by Crippen LogP contribution is -2.66. The molecule has 106 valence electrons. The van der Waals surface area contributed by atoms with Crippen molar-refractivity contribution in [2.45, 2.75) is 26.7 Å². The van der Waals surface area contributed by atoms with Gasteiger partial charge in [0.1, 0.15) is 5.41 Å². The van der Waals surface area contributed by atoms with E-state index in [4.69, 9.17) is 0 Å². The van der Waals surface area contributed by atoms with Crippen LogP contribution in [0.1, 0.15) is 32.3 Å². The maximum absolute atomic E-state index is 12.4. The molecule has 0 unspecified atom stereocenters. The van der Waals surface area contributed by atoms with Crippen LogP contribution in [0.25, 0.3) is 0 Å². The summed E-state index contributed by atoms with van der Waals surface area (Å²) in [7, 11) is 0. The minimum absolute atomic E-state index is 0.245. The summed E-state index contributed by atoms with van der Waals surface area (Å²) >= 11 is 0. The maximum atomic E-state index is 12.4. The first-order valence-corrected chi connectivity index (χ1v) is 6.62. The van der Waals surface area contributed by atoms with Crippen molar-refractivity contribution in [1.29, 1.82) is 0 Å². The summed E-state index contributed by atoms with van der Waals surface area (Å²) in [6.07, 6.45) is 0. The molecule has 0 aliphatic carbocycles. The lowest BCUT2D eigenvalue weighted by atomic mass is 9.64. The number of carbonyl (C=O) groups is 3. The Labute approximate surface area is 117 Å². The summed E-state index contributed by atoms with van der Waals surface area (Å²) < 4.78 is 0. The molecule has 5 nitrogen and oxygen atoms in total. The lowest BCUT2D eigenvalue weighted by Gasteiger charge is -2.41. The number of hydrogen-bond acceptors (Lipinski definition) is 3. The first-order valence-electron chi connectivity index (χ1n) is 6.62. The van der Waals surface area contributed by atoms with Gasteiger partial charge in [0.2, 0.25) is 11.8 Å². The molecule has 1 atom stereocenters. The largest absolute Gasteiger partial charge is 0.328 e. The van der Waals surface area contributed by atoms with Gasteiger partial charge in [-0.25, -0.2) is 4.79 Å². The molecule has 1 fully saturated rings. The highest BCUT2D eigenvalue weighted by atomic mass is 16.2. The Morgan fingerprint density at radius 3 is 1.85 bits per heavy atom. The number of benzene rings is 1. The maximum Gasteiger partial charge on any atom is 0.328 e. The Morgan fingerprint density at radius 1 is 0.900 bits per heavy atom. The number of barbiturate groups is 1. The van der Waals surface area contributed by atoms with E-state index in [1.807, 2.05) is 51.1 Å². The third kappa shape index (κ3) is 1.99. The summed E-state index contributed by atoms with van der Waals surface area (Å²) in [5, 5.41) is 4.45. The van der Waals surface area contributed by atoms with E-state index in [2.05, 4.69) is 10.6 Å². The Bertz CT molecular complexity index is 531. The first kappa shape index (κ1) is 14.2. The van der Waals surface area contributed by atoms with Crippen LogP contribution >= 0.6 is 0 Å². The van der Waals surface area contributed by atoms with Gasteiger partial charge in [0.05, 0.1) is 0 Å². The molecule has 1 aromatic rings. The fraction of sp³-hybridized carbons (Fsp3) is 0.400. The molecule has 0 spiro atoms. The zero-order chi connectivity index (χ0) is 14.9. The SMILES string of the molecule is CC(C)C1([C@H](C)c2ccccc2)C(=O)NC(=O)NC1=O. The van der Waals surface area contributed by atoms with Crippen molar-refractivity contribution in [3.63, 3.8) is 0 Å². The van der Waals surface area contributed by atoms with Gasteiger partial charge >= 0.3 is 6.03 Å². The van der Waals surface area contributed by atoms with E-state index in [0.29, 0.717) is 0 Å². The molecule has 0 saturated carbocycles. The molecule has 1 aliphatic heterocycles. The molecule has 20 heavy (non-hydrogen) atoms. The predicted octanol–water partition coefficient (Wildman–Crippen LogP) is 1.80. The smallest absolute Gasteiger partial charge is 0.277 e. The van der Waals surface area contributed by atoms with Crippen molar-refractivity contribution in [2.75, 3.05) is 0 Å². The van der Waals surface area contributed by atoms with E-state index in [1.165, 1.54) is 0 Å². The highest BCUT2D eigenvalue weighted by Gasteiger charge is 2.56. The molecule has 0 aromatic heterocycles. The Kier molecular flexibility index (Phi) is 3.61. The number of carbonyl (C=O) groups excluding carboxylic acids is 3. The normalized spacial score (nSPS) is 19.5. The molecule has 0 bridgehead atoms. The molecule has 2 N–H and O–H groups in total. The van der Waals surface area contributed by atoms with Crippen molar-refractivity contribution < 1.29 is 14.4 Å². The number of urea groups is 1. The van der Waals surface area contributed by atoms with Gasteiger partial charge in [-0.3, -0.25) is 20.2 Å². The van der Waals surface area contributed by atoms with E-state index < -0.39 is 23.3 Å². The van der Waals surface area contributed by atoms with Crippen molar-refractivity contribution in [2.24, 2.45) is 11.3 Å². The molecule has 0 radical (unpaired) electrons. The van der Waals surface area contributed by atoms with Crippen LogP contribution in [-0.4, -0.2) is 17.8 Å². The zero-order valence-corrected chi connectivity index (χ0v) is 11.8. The third-order valence-corrected chi connectivity index (χ3v) is 4.10. The second kappa shape index (κ2) is 5.07. The van der Waals surface area contributed by atoms with Crippen LogP contribution in [0.4, 0.5) is 4.79 Å². The van der Waals surface area contributed by atoms with Crippen molar-refractivity contribution in [3.05, 3.63) is 35.9 Å². The summed E-state index contributed by atoms with van der Waals surface area (Å²) in [5.74, 6) is -1.64. The van der Waals surface area contributed by atoms with E-state index in [9.17, 15) is 14.4 Å². The van der Waals surface area contributed by atoms with Gasteiger partial charge in [-0.15, -0.1) is 0 Å². The Hall–Kier alpha value is -2.17. The van der Waals surface area contributed by atoms with Gasteiger partial charge in [0.25, 0.3) is 0 Å². The predicted molar refractivity (Wildman–Crippen MR) is 73.8 cm³/mol. The monoisotopic (exact) mass is 274 g/mol. The van der Waals surface area contributed by atoms with Crippen molar-refractivity contribution >= 4 is 17.8 Å². The molecule has 1 aromatic carbocycles. The molecule has 2 rings (SSSR count). The topological polar surface area (TPSA) is 75.3 Å². The first-order chi connectivity index (χ1) is 9.40. The molecular weight excluding hydrogens is 256 g/mol.